The van der Waals surface area contributed by atoms with Gasteiger partial charge in [-0.25, -0.2) is 0 Å². The first-order valence-electron chi connectivity index (χ1n) is 5.39. The monoisotopic (exact) mass is 246 g/mol. The summed E-state index contributed by atoms with van der Waals surface area (Å²) < 4.78 is 10.0. The first kappa shape index (κ1) is 11.7. The molecule has 3 rings (SSSR count). The molecule has 0 spiro atoms. The van der Waals surface area contributed by atoms with Crippen LogP contribution in [-0.4, -0.2) is 0 Å². The average Bonchev–Trinajstić information content (AvgIpc) is 3.02. The number of thiophene rings is 1. The second kappa shape index (κ2) is 6.11. The molecule has 2 nitrogen and oxygen atoms in total. The van der Waals surface area contributed by atoms with Crippen molar-refractivity contribution in [3.8, 4) is 0 Å². The first-order chi connectivity index (χ1) is 8.34. The van der Waals surface area contributed by atoms with Crippen molar-refractivity contribution >= 4 is 11.3 Å². The zero-order chi connectivity index (χ0) is 11.9. The highest BCUT2D eigenvalue weighted by atomic mass is 32.1. The van der Waals surface area contributed by atoms with E-state index in [1.165, 1.54) is 4.88 Å². The molecule has 17 heavy (non-hydrogen) atoms. The van der Waals surface area contributed by atoms with E-state index in [1.807, 2.05) is 31.2 Å². The molecule has 0 saturated carbocycles. The second-order valence-electron chi connectivity index (χ2n) is 3.56. The van der Waals surface area contributed by atoms with E-state index in [-0.39, 0.29) is 0 Å². The van der Waals surface area contributed by atoms with Gasteiger partial charge in [0, 0.05) is 11.3 Å². The maximum absolute atomic E-state index is 5.21. The van der Waals surface area contributed by atoms with Crippen LogP contribution >= 0.6 is 11.3 Å². The van der Waals surface area contributed by atoms with E-state index in [2.05, 4.69) is 17.5 Å². The highest BCUT2D eigenvalue weighted by Gasteiger charge is 1.97. The number of rotatable bonds is 2. The minimum atomic E-state index is 0.921. The fraction of sp³-hybridized carbons (Fsp3) is 0.143. The number of aryl methyl sites for hydroxylation is 1. The molecule has 3 heteroatoms. The normalized spacial score (nSPS) is 9.71. The van der Waals surface area contributed by atoms with E-state index in [9.17, 15) is 0 Å². The van der Waals surface area contributed by atoms with Crippen LogP contribution in [0.3, 0.4) is 0 Å². The molecule has 0 saturated heterocycles. The van der Waals surface area contributed by atoms with Gasteiger partial charge in [-0.1, -0.05) is 6.07 Å². The molecule has 0 unspecified atom stereocenters. The molecule has 0 atom stereocenters. The maximum Gasteiger partial charge on any atom is 0.108 e. The summed E-state index contributed by atoms with van der Waals surface area (Å²) in [6, 6.07) is 11.9. The van der Waals surface area contributed by atoms with E-state index in [0.717, 1.165) is 17.9 Å². The first-order valence-corrected chi connectivity index (χ1v) is 6.27. The van der Waals surface area contributed by atoms with Crippen molar-refractivity contribution in [3.63, 3.8) is 0 Å². The standard InChI is InChI=1S/C9H8OS.C5H6O/c1-3-8(10-5-1)7-9-4-2-6-11-9;1-5-3-2-4-6-5/h1-6H,7H2;2-4H,1H3. The molecular formula is C14H14O2S. The van der Waals surface area contributed by atoms with E-state index in [4.69, 9.17) is 8.83 Å². The van der Waals surface area contributed by atoms with Crippen molar-refractivity contribution < 1.29 is 8.83 Å². The minimum absolute atomic E-state index is 0.921. The number of furan rings is 2. The molecule has 3 aromatic heterocycles. The van der Waals surface area contributed by atoms with Crippen molar-refractivity contribution in [2.24, 2.45) is 0 Å². The van der Waals surface area contributed by atoms with E-state index in [0.29, 0.717) is 0 Å². The number of hydrogen-bond acceptors (Lipinski definition) is 3. The molecular weight excluding hydrogens is 232 g/mol. The summed E-state index contributed by atoms with van der Waals surface area (Å²) in [5, 5.41) is 2.08. The summed E-state index contributed by atoms with van der Waals surface area (Å²) >= 11 is 1.76. The smallest absolute Gasteiger partial charge is 0.108 e. The van der Waals surface area contributed by atoms with Crippen LogP contribution in [0.1, 0.15) is 16.4 Å². The van der Waals surface area contributed by atoms with Crippen LogP contribution in [-0.2, 0) is 6.42 Å². The molecule has 0 fully saturated rings. The lowest BCUT2D eigenvalue weighted by Crippen LogP contribution is -1.77. The van der Waals surface area contributed by atoms with Crippen LogP contribution in [0, 0.1) is 6.92 Å². The summed E-state index contributed by atoms with van der Waals surface area (Å²) in [7, 11) is 0. The lowest BCUT2D eigenvalue weighted by molar-refractivity contribution is 0.522. The summed E-state index contributed by atoms with van der Waals surface area (Å²) in [5.74, 6) is 2.00. The quantitative estimate of drug-likeness (QED) is 0.664. The molecule has 0 N–H and O–H groups in total. The average molecular weight is 246 g/mol. The Morgan fingerprint density at radius 3 is 2.29 bits per heavy atom. The van der Waals surface area contributed by atoms with Gasteiger partial charge in [-0.05, 0) is 42.6 Å². The molecule has 3 aromatic rings. The van der Waals surface area contributed by atoms with Gasteiger partial charge in [-0.3, -0.25) is 0 Å². The molecule has 0 bridgehead atoms. The Hall–Kier alpha value is -1.74. The Bertz CT molecular complexity index is 460. The fourth-order valence-corrected chi connectivity index (χ4v) is 2.07. The van der Waals surface area contributed by atoms with Gasteiger partial charge in [-0.15, -0.1) is 11.3 Å². The maximum atomic E-state index is 5.21. The van der Waals surface area contributed by atoms with Gasteiger partial charge in [0.2, 0.25) is 0 Å². The van der Waals surface area contributed by atoms with E-state index in [1.54, 1.807) is 23.9 Å². The molecule has 0 aromatic carbocycles. The largest absolute Gasteiger partial charge is 0.470 e. The van der Waals surface area contributed by atoms with Gasteiger partial charge in [0.05, 0.1) is 12.5 Å². The third-order valence-electron chi connectivity index (χ3n) is 2.17. The van der Waals surface area contributed by atoms with Crippen LogP contribution in [0.2, 0.25) is 0 Å². The topological polar surface area (TPSA) is 26.3 Å². The fourth-order valence-electron chi connectivity index (χ4n) is 1.36. The zero-order valence-electron chi connectivity index (χ0n) is 9.63. The van der Waals surface area contributed by atoms with Crippen molar-refractivity contribution in [1.82, 2.24) is 0 Å². The molecule has 0 aliphatic carbocycles. The lowest BCUT2D eigenvalue weighted by atomic mass is 10.3. The van der Waals surface area contributed by atoms with Crippen LogP contribution < -0.4 is 0 Å². The summed E-state index contributed by atoms with van der Waals surface area (Å²) in [6.45, 7) is 1.92. The van der Waals surface area contributed by atoms with E-state index < -0.39 is 0 Å². The Kier molecular flexibility index (Phi) is 4.22. The van der Waals surface area contributed by atoms with Gasteiger partial charge < -0.3 is 8.83 Å². The van der Waals surface area contributed by atoms with Crippen molar-refractivity contribution in [2.45, 2.75) is 13.3 Å². The third-order valence-corrected chi connectivity index (χ3v) is 3.05. The third kappa shape index (κ3) is 3.96. The van der Waals surface area contributed by atoms with Crippen LogP contribution in [0.15, 0.2) is 63.1 Å². The summed E-state index contributed by atoms with van der Waals surface area (Å²) in [4.78, 5) is 1.35. The molecule has 0 aliphatic rings. The molecule has 88 valence electrons. The highest BCUT2D eigenvalue weighted by Crippen LogP contribution is 2.14. The molecule has 0 amide bonds. The lowest BCUT2D eigenvalue weighted by Gasteiger charge is -1.89. The van der Waals surface area contributed by atoms with Crippen LogP contribution in [0.5, 0.6) is 0 Å². The van der Waals surface area contributed by atoms with Gasteiger partial charge in [0.15, 0.2) is 0 Å². The van der Waals surface area contributed by atoms with Gasteiger partial charge in [0.1, 0.15) is 11.5 Å². The summed E-state index contributed by atoms with van der Waals surface area (Å²) in [6.07, 6.45) is 4.29. The van der Waals surface area contributed by atoms with Crippen molar-refractivity contribution in [3.05, 3.63) is 70.7 Å². The van der Waals surface area contributed by atoms with Gasteiger partial charge >= 0.3 is 0 Å². The second-order valence-corrected chi connectivity index (χ2v) is 4.59. The summed E-state index contributed by atoms with van der Waals surface area (Å²) in [5.41, 5.74) is 0. The Morgan fingerprint density at radius 2 is 1.82 bits per heavy atom. The van der Waals surface area contributed by atoms with E-state index >= 15 is 0 Å². The zero-order valence-corrected chi connectivity index (χ0v) is 10.4. The van der Waals surface area contributed by atoms with Crippen molar-refractivity contribution in [2.75, 3.05) is 0 Å². The van der Waals surface area contributed by atoms with Crippen LogP contribution in [0.25, 0.3) is 0 Å². The predicted octanol–water partition coefficient (Wildman–Crippen LogP) is 4.52. The van der Waals surface area contributed by atoms with Gasteiger partial charge in [0.25, 0.3) is 0 Å². The Balaban J connectivity index is 0.000000153. The SMILES string of the molecule is Cc1ccco1.c1coc(Cc2cccs2)c1. The Morgan fingerprint density at radius 1 is 1.00 bits per heavy atom. The molecule has 0 radical (unpaired) electrons. The molecule has 3 heterocycles. The minimum Gasteiger partial charge on any atom is -0.470 e. The van der Waals surface area contributed by atoms with Gasteiger partial charge in [-0.2, -0.15) is 0 Å². The van der Waals surface area contributed by atoms with Crippen LogP contribution in [0.4, 0.5) is 0 Å². The highest BCUT2D eigenvalue weighted by molar-refractivity contribution is 7.09. The predicted molar refractivity (Wildman–Crippen MR) is 69.3 cm³/mol. The number of hydrogen-bond donors (Lipinski definition) is 0. The van der Waals surface area contributed by atoms with Crippen molar-refractivity contribution in [1.29, 1.82) is 0 Å². The Labute approximate surface area is 105 Å². The molecule has 0 aliphatic heterocycles.